The molecule has 0 spiro atoms. The Bertz CT molecular complexity index is 1130. The van der Waals surface area contributed by atoms with Gasteiger partial charge in [-0.3, -0.25) is 5.10 Å². The van der Waals surface area contributed by atoms with E-state index < -0.39 is 10.0 Å². The van der Waals surface area contributed by atoms with Gasteiger partial charge in [0.05, 0.1) is 22.4 Å². The lowest BCUT2D eigenvalue weighted by atomic mass is 10.0. The van der Waals surface area contributed by atoms with Gasteiger partial charge in [0.1, 0.15) is 4.90 Å². The van der Waals surface area contributed by atoms with E-state index in [0.717, 1.165) is 30.1 Å². The third kappa shape index (κ3) is 2.49. The van der Waals surface area contributed by atoms with Gasteiger partial charge in [0, 0.05) is 33.2 Å². The Labute approximate surface area is 164 Å². The number of para-hydroxylation sites is 2. The molecular weight excluding hydrogens is 376 g/mol. The van der Waals surface area contributed by atoms with Gasteiger partial charge in [0.15, 0.2) is 0 Å². The second-order valence-corrected chi connectivity index (χ2v) is 9.84. The van der Waals surface area contributed by atoms with E-state index in [1.54, 1.807) is 18.2 Å². The van der Waals surface area contributed by atoms with E-state index in [4.69, 9.17) is 4.98 Å². The maximum absolute atomic E-state index is 13.1. The van der Waals surface area contributed by atoms with Crippen molar-refractivity contribution in [3.63, 3.8) is 0 Å². The van der Waals surface area contributed by atoms with E-state index in [1.165, 1.54) is 0 Å². The van der Waals surface area contributed by atoms with E-state index in [0.29, 0.717) is 41.2 Å². The number of anilines is 1. The highest BCUT2D eigenvalue weighted by molar-refractivity contribution is 7.89. The van der Waals surface area contributed by atoms with Gasteiger partial charge < -0.3 is 9.47 Å². The molecule has 2 aliphatic rings. The summed E-state index contributed by atoms with van der Waals surface area (Å²) in [5.74, 6) is 1.61. The van der Waals surface area contributed by atoms with Crippen LogP contribution in [0.2, 0.25) is 0 Å². The molecule has 0 saturated carbocycles. The molecule has 1 N–H and O–H groups in total. The van der Waals surface area contributed by atoms with Gasteiger partial charge in [-0.1, -0.05) is 12.1 Å². The van der Waals surface area contributed by atoms with Crippen molar-refractivity contribution in [2.45, 2.75) is 18.7 Å². The number of H-pyrrole nitrogens is 1. The molecule has 4 heterocycles. The summed E-state index contributed by atoms with van der Waals surface area (Å²) < 4.78 is 30.0. The van der Waals surface area contributed by atoms with Crippen molar-refractivity contribution in [1.29, 1.82) is 0 Å². The van der Waals surface area contributed by atoms with Gasteiger partial charge in [0.2, 0.25) is 16.0 Å². The lowest BCUT2D eigenvalue weighted by Crippen LogP contribution is -2.34. The van der Waals surface area contributed by atoms with Crippen molar-refractivity contribution < 1.29 is 8.42 Å². The highest BCUT2D eigenvalue weighted by Gasteiger charge is 2.46. The molecule has 0 bridgehead atoms. The molecule has 2 fully saturated rings. The monoisotopic (exact) mass is 400 g/mol. The predicted molar refractivity (Wildman–Crippen MR) is 107 cm³/mol. The summed E-state index contributed by atoms with van der Waals surface area (Å²) in [6, 6.07) is 8.13. The fourth-order valence-corrected chi connectivity index (χ4v) is 6.66. The number of hydrogen-bond donors (Lipinski definition) is 1. The number of nitrogens with one attached hydrogen (secondary N) is 1. The third-order valence-electron chi connectivity index (χ3n) is 6.16. The fourth-order valence-electron chi connectivity index (χ4n) is 4.78. The summed E-state index contributed by atoms with van der Waals surface area (Å²) >= 11 is 0. The molecule has 2 aromatic heterocycles. The Morgan fingerprint density at radius 3 is 2.36 bits per heavy atom. The number of aromatic nitrogens is 4. The fraction of sp³-hybridized carbons (Fsp3) is 0.474. The first-order valence-electron chi connectivity index (χ1n) is 9.54. The first-order chi connectivity index (χ1) is 13.4. The van der Waals surface area contributed by atoms with Crippen LogP contribution in [-0.2, 0) is 17.1 Å². The minimum atomic E-state index is -3.51. The van der Waals surface area contributed by atoms with Crippen LogP contribution in [0.5, 0.6) is 0 Å². The molecule has 0 aliphatic carbocycles. The summed E-state index contributed by atoms with van der Waals surface area (Å²) in [5.41, 5.74) is 3.25. The average molecular weight is 401 g/mol. The standard InChI is InChI=1S/C19H24N6O2S/c1-12-18(13(2)22-21-12)28(26,27)25-10-14-8-24(9-15(14)11-25)19-20-16-6-4-5-7-17(16)23(19)3/h4-7,14-15H,8-11H2,1-3H3,(H,21,22). The minimum Gasteiger partial charge on any atom is -0.342 e. The molecule has 9 heteroatoms. The normalized spacial score (nSPS) is 23.0. The molecule has 0 radical (unpaired) electrons. The molecule has 2 aliphatic heterocycles. The lowest BCUT2D eigenvalue weighted by molar-refractivity contribution is 0.452. The van der Waals surface area contributed by atoms with Crippen LogP contribution in [0.1, 0.15) is 11.4 Å². The molecule has 5 rings (SSSR count). The zero-order valence-corrected chi connectivity index (χ0v) is 17.1. The SMILES string of the molecule is Cc1n[nH]c(C)c1S(=O)(=O)N1CC2CN(c3nc4ccccc4n3C)CC2C1. The quantitative estimate of drug-likeness (QED) is 0.723. The van der Waals surface area contributed by atoms with Gasteiger partial charge in [-0.25, -0.2) is 13.4 Å². The largest absolute Gasteiger partial charge is 0.342 e. The van der Waals surface area contributed by atoms with Gasteiger partial charge >= 0.3 is 0 Å². The number of rotatable bonds is 3. The van der Waals surface area contributed by atoms with E-state index in [1.807, 2.05) is 25.2 Å². The topological polar surface area (TPSA) is 87.1 Å². The number of aryl methyl sites for hydroxylation is 3. The number of sulfonamides is 1. The summed E-state index contributed by atoms with van der Waals surface area (Å²) in [5, 5.41) is 6.85. The van der Waals surface area contributed by atoms with Crippen molar-refractivity contribution in [1.82, 2.24) is 24.1 Å². The summed E-state index contributed by atoms with van der Waals surface area (Å²) in [4.78, 5) is 7.43. The molecule has 28 heavy (non-hydrogen) atoms. The minimum absolute atomic E-state index is 0.321. The van der Waals surface area contributed by atoms with Crippen LogP contribution in [0, 0.1) is 25.7 Å². The number of nitrogens with zero attached hydrogens (tertiary/aromatic N) is 5. The maximum Gasteiger partial charge on any atom is 0.246 e. The van der Waals surface area contributed by atoms with E-state index >= 15 is 0 Å². The van der Waals surface area contributed by atoms with Crippen molar-refractivity contribution in [3.8, 4) is 0 Å². The molecule has 0 amide bonds. The van der Waals surface area contributed by atoms with Gasteiger partial charge in [-0.15, -0.1) is 0 Å². The first-order valence-corrected chi connectivity index (χ1v) is 11.0. The summed E-state index contributed by atoms with van der Waals surface area (Å²) in [6.07, 6.45) is 0. The number of benzene rings is 1. The van der Waals surface area contributed by atoms with Crippen molar-refractivity contribution in [2.75, 3.05) is 31.1 Å². The van der Waals surface area contributed by atoms with Crippen LogP contribution >= 0.6 is 0 Å². The molecule has 2 saturated heterocycles. The van der Waals surface area contributed by atoms with Crippen LogP contribution in [0.4, 0.5) is 5.95 Å². The summed E-state index contributed by atoms with van der Waals surface area (Å²) in [7, 11) is -1.47. The van der Waals surface area contributed by atoms with Crippen LogP contribution in [0.3, 0.4) is 0 Å². The van der Waals surface area contributed by atoms with E-state index in [9.17, 15) is 8.42 Å². The molecule has 3 aromatic rings. The maximum atomic E-state index is 13.1. The van der Waals surface area contributed by atoms with Gasteiger partial charge in [-0.2, -0.15) is 9.40 Å². The van der Waals surface area contributed by atoms with E-state index in [2.05, 4.69) is 25.7 Å². The van der Waals surface area contributed by atoms with Crippen LogP contribution in [0.15, 0.2) is 29.2 Å². The smallest absolute Gasteiger partial charge is 0.246 e. The van der Waals surface area contributed by atoms with Crippen LogP contribution < -0.4 is 4.90 Å². The zero-order valence-electron chi connectivity index (χ0n) is 16.3. The molecule has 2 atom stereocenters. The number of imidazole rings is 1. The van der Waals surface area contributed by atoms with Crippen molar-refractivity contribution >= 4 is 27.0 Å². The molecule has 2 unspecified atom stereocenters. The Kier molecular flexibility index (Phi) is 3.82. The molecule has 1 aromatic carbocycles. The highest BCUT2D eigenvalue weighted by Crippen LogP contribution is 2.37. The van der Waals surface area contributed by atoms with Crippen molar-refractivity contribution in [2.24, 2.45) is 18.9 Å². The van der Waals surface area contributed by atoms with Gasteiger partial charge in [-0.05, 0) is 37.8 Å². The number of fused-ring (bicyclic) bond motifs is 2. The number of aromatic amines is 1. The van der Waals surface area contributed by atoms with Crippen LogP contribution in [-0.4, -0.2) is 58.7 Å². The van der Waals surface area contributed by atoms with E-state index in [-0.39, 0.29) is 0 Å². The molecular formula is C19H24N6O2S. The summed E-state index contributed by atoms with van der Waals surface area (Å²) in [6.45, 7) is 6.27. The van der Waals surface area contributed by atoms with Gasteiger partial charge in [0.25, 0.3) is 0 Å². The Balaban J connectivity index is 1.37. The molecule has 148 valence electrons. The predicted octanol–water partition coefficient (Wildman–Crippen LogP) is 1.67. The Morgan fingerprint density at radius 2 is 1.75 bits per heavy atom. The second kappa shape index (κ2) is 6.05. The third-order valence-corrected chi connectivity index (χ3v) is 8.25. The highest BCUT2D eigenvalue weighted by atomic mass is 32.2. The average Bonchev–Trinajstić information content (AvgIpc) is 3.38. The second-order valence-electron chi connectivity index (χ2n) is 7.97. The first kappa shape index (κ1) is 17.7. The van der Waals surface area contributed by atoms with Crippen molar-refractivity contribution in [3.05, 3.63) is 35.7 Å². The van der Waals surface area contributed by atoms with Crippen LogP contribution in [0.25, 0.3) is 11.0 Å². The molecule has 8 nitrogen and oxygen atoms in total. The Morgan fingerprint density at radius 1 is 1.07 bits per heavy atom. The number of hydrogen-bond acceptors (Lipinski definition) is 5. The zero-order chi connectivity index (χ0) is 19.6. The Hall–Kier alpha value is -2.39. The lowest BCUT2D eigenvalue weighted by Gasteiger charge is -2.22.